The second-order valence-electron chi connectivity index (χ2n) is 5.76. The van der Waals surface area contributed by atoms with E-state index >= 15 is 0 Å². The van der Waals surface area contributed by atoms with Crippen LogP contribution in [0.3, 0.4) is 0 Å². The van der Waals surface area contributed by atoms with Crippen LogP contribution in [0.4, 0.5) is 0 Å². The molecular weight excluding hydrogens is 240 g/mol. The molecule has 20 heavy (non-hydrogen) atoms. The highest BCUT2D eigenvalue weighted by atomic mass is 14.3. The third-order valence-corrected chi connectivity index (χ3v) is 4.49. The molecule has 0 fully saturated rings. The van der Waals surface area contributed by atoms with Crippen LogP contribution in [0, 0.1) is 5.92 Å². The first-order valence-electron chi connectivity index (χ1n) is 7.22. The van der Waals surface area contributed by atoms with Crippen molar-refractivity contribution in [2.24, 2.45) is 5.92 Å². The van der Waals surface area contributed by atoms with Crippen molar-refractivity contribution in [2.75, 3.05) is 0 Å². The molecule has 0 bridgehead atoms. The lowest BCUT2D eigenvalue weighted by molar-refractivity contribution is 0.459. The van der Waals surface area contributed by atoms with Crippen molar-refractivity contribution >= 4 is 5.57 Å². The predicted molar refractivity (Wildman–Crippen MR) is 86.5 cm³/mol. The first kappa shape index (κ1) is 12.9. The molecule has 0 spiro atoms. The number of hydrogen-bond acceptors (Lipinski definition) is 0. The molecule has 3 rings (SSSR count). The third kappa shape index (κ3) is 2.22. The minimum absolute atomic E-state index is 0.0829. The van der Waals surface area contributed by atoms with E-state index < -0.39 is 0 Å². The Bertz CT molecular complexity index is 634. The molecule has 0 aliphatic heterocycles. The van der Waals surface area contributed by atoms with E-state index in [0.717, 1.165) is 0 Å². The Balaban J connectivity index is 1.95. The molecule has 1 aliphatic carbocycles. The highest BCUT2D eigenvalue weighted by Gasteiger charge is 2.31. The Kier molecular flexibility index (Phi) is 3.31. The molecule has 1 aliphatic rings. The van der Waals surface area contributed by atoms with Crippen LogP contribution in [0.2, 0.25) is 0 Å². The van der Waals surface area contributed by atoms with E-state index in [2.05, 4.69) is 92.7 Å². The fourth-order valence-electron chi connectivity index (χ4n) is 2.89. The van der Waals surface area contributed by atoms with E-state index in [9.17, 15) is 0 Å². The molecule has 0 nitrogen and oxygen atoms in total. The maximum absolute atomic E-state index is 2.39. The third-order valence-electron chi connectivity index (χ3n) is 4.49. The molecule has 0 saturated carbocycles. The molecule has 2 unspecified atom stereocenters. The van der Waals surface area contributed by atoms with Crippen molar-refractivity contribution in [2.45, 2.75) is 19.3 Å². The average Bonchev–Trinajstić information content (AvgIpc) is 2.52. The first-order chi connectivity index (χ1) is 9.70. The van der Waals surface area contributed by atoms with Crippen LogP contribution in [-0.4, -0.2) is 0 Å². The summed E-state index contributed by atoms with van der Waals surface area (Å²) in [6, 6.07) is 21.4. The number of hydrogen-bond donors (Lipinski definition) is 0. The Labute approximate surface area is 121 Å². The van der Waals surface area contributed by atoms with Crippen molar-refractivity contribution in [1.29, 1.82) is 0 Å². The van der Waals surface area contributed by atoms with E-state index in [-0.39, 0.29) is 5.41 Å². The molecular formula is C20H20. The molecule has 0 aromatic heterocycles. The van der Waals surface area contributed by atoms with Gasteiger partial charge in [-0.3, -0.25) is 0 Å². The van der Waals surface area contributed by atoms with Crippen LogP contribution in [0.15, 0.2) is 78.9 Å². The van der Waals surface area contributed by atoms with Crippen molar-refractivity contribution in [1.82, 2.24) is 0 Å². The lowest BCUT2D eigenvalue weighted by Crippen LogP contribution is -2.28. The van der Waals surface area contributed by atoms with Crippen LogP contribution in [0.1, 0.15) is 25.0 Å². The Hall–Kier alpha value is -2.08. The summed E-state index contributed by atoms with van der Waals surface area (Å²) in [7, 11) is 0. The number of allylic oxidation sites excluding steroid dienone is 4. The van der Waals surface area contributed by atoms with Gasteiger partial charge >= 0.3 is 0 Å². The Morgan fingerprint density at radius 3 is 2.05 bits per heavy atom. The predicted octanol–water partition coefficient (Wildman–Crippen LogP) is 5.23. The van der Waals surface area contributed by atoms with Gasteiger partial charge in [0.25, 0.3) is 0 Å². The van der Waals surface area contributed by atoms with Gasteiger partial charge in [0.2, 0.25) is 0 Å². The lowest BCUT2D eigenvalue weighted by Gasteiger charge is -2.35. The van der Waals surface area contributed by atoms with Crippen LogP contribution in [0.25, 0.3) is 5.57 Å². The van der Waals surface area contributed by atoms with E-state index in [4.69, 9.17) is 0 Å². The normalized spacial score (nSPS) is 25.3. The molecule has 0 amide bonds. The molecule has 0 saturated heterocycles. The molecule has 100 valence electrons. The van der Waals surface area contributed by atoms with Crippen molar-refractivity contribution < 1.29 is 0 Å². The van der Waals surface area contributed by atoms with Gasteiger partial charge in [0, 0.05) is 5.41 Å². The fraction of sp³-hybridized carbons (Fsp3) is 0.200. The van der Waals surface area contributed by atoms with Gasteiger partial charge in [-0.2, -0.15) is 0 Å². The number of benzene rings is 2. The summed E-state index contributed by atoms with van der Waals surface area (Å²) in [5.41, 5.74) is 4.09. The first-order valence-corrected chi connectivity index (χ1v) is 7.22. The smallest absolute Gasteiger partial charge is 0.0167 e. The second-order valence-corrected chi connectivity index (χ2v) is 5.76. The lowest BCUT2D eigenvalue weighted by atomic mass is 9.69. The summed E-state index contributed by atoms with van der Waals surface area (Å²) in [4.78, 5) is 0. The van der Waals surface area contributed by atoms with Gasteiger partial charge < -0.3 is 0 Å². The van der Waals surface area contributed by atoms with Crippen LogP contribution in [0.5, 0.6) is 0 Å². The molecule has 0 radical (unpaired) electrons. The van der Waals surface area contributed by atoms with Gasteiger partial charge in [-0.15, -0.1) is 0 Å². The van der Waals surface area contributed by atoms with Gasteiger partial charge in [0.1, 0.15) is 0 Å². The van der Waals surface area contributed by atoms with Crippen molar-refractivity contribution in [3.05, 3.63) is 90.0 Å². The van der Waals surface area contributed by atoms with Crippen molar-refractivity contribution in [3.63, 3.8) is 0 Å². The molecule has 2 aromatic rings. The molecule has 0 heterocycles. The minimum atomic E-state index is 0.0829. The summed E-state index contributed by atoms with van der Waals surface area (Å²) in [6.45, 7) is 4.63. The average molecular weight is 260 g/mol. The zero-order valence-corrected chi connectivity index (χ0v) is 12.1. The van der Waals surface area contributed by atoms with E-state index in [0.29, 0.717) is 5.92 Å². The van der Waals surface area contributed by atoms with Crippen molar-refractivity contribution in [3.8, 4) is 0 Å². The molecule has 2 atom stereocenters. The van der Waals surface area contributed by atoms with Crippen LogP contribution >= 0.6 is 0 Å². The van der Waals surface area contributed by atoms with E-state index in [1.54, 1.807) is 0 Å². The van der Waals surface area contributed by atoms with Crippen LogP contribution < -0.4 is 0 Å². The Morgan fingerprint density at radius 1 is 0.850 bits per heavy atom. The molecule has 2 aromatic carbocycles. The standard InChI is InChI=1S/C20H20/c1-16-15-18(17-9-5-3-6-10-17)13-14-20(16,2)19-11-7-4-8-12-19/h3-16H,1-2H3. The topological polar surface area (TPSA) is 0 Å². The monoisotopic (exact) mass is 260 g/mol. The van der Waals surface area contributed by atoms with Gasteiger partial charge in [0.15, 0.2) is 0 Å². The van der Waals surface area contributed by atoms with E-state index in [1.807, 2.05) is 0 Å². The zero-order valence-electron chi connectivity index (χ0n) is 12.1. The zero-order chi connectivity index (χ0) is 14.0. The minimum Gasteiger partial charge on any atom is -0.0730 e. The molecule has 0 heteroatoms. The van der Waals surface area contributed by atoms with Gasteiger partial charge in [-0.1, -0.05) is 92.7 Å². The summed E-state index contributed by atoms with van der Waals surface area (Å²) >= 11 is 0. The SMILES string of the molecule is CC1C=C(c2ccccc2)C=CC1(C)c1ccccc1. The second kappa shape index (κ2) is 5.13. The maximum Gasteiger partial charge on any atom is 0.0167 e. The summed E-state index contributed by atoms with van der Waals surface area (Å²) in [6.07, 6.45) is 7.01. The van der Waals surface area contributed by atoms with Gasteiger partial charge in [0.05, 0.1) is 0 Å². The maximum atomic E-state index is 2.39. The quantitative estimate of drug-likeness (QED) is 0.693. The highest BCUT2D eigenvalue weighted by Crippen LogP contribution is 2.39. The van der Waals surface area contributed by atoms with Crippen LogP contribution in [-0.2, 0) is 5.41 Å². The summed E-state index contributed by atoms with van der Waals surface area (Å²) in [5.74, 6) is 0.477. The highest BCUT2D eigenvalue weighted by molar-refractivity contribution is 5.76. The largest absolute Gasteiger partial charge is 0.0730 e. The summed E-state index contributed by atoms with van der Waals surface area (Å²) < 4.78 is 0. The summed E-state index contributed by atoms with van der Waals surface area (Å²) in [5, 5.41) is 0. The Morgan fingerprint density at radius 2 is 1.45 bits per heavy atom. The van der Waals surface area contributed by atoms with Gasteiger partial charge in [-0.05, 0) is 22.6 Å². The van der Waals surface area contributed by atoms with Gasteiger partial charge in [-0.25, -0.2) is 0 Å². The van der Waals surface area contributed by atoms with E-state index in [1.165, 1.54) is 16.7 Å². The number of rotatable bonds is 2. The fourth-order valence-corrected chi connectivity index (χ4v) is 2.89. The molecule has 0 N–H and O–H groups in total.